The van der Waals surface area contributed by atoms with Crippen LogP contribution in [0.2, 0.25) is 0 Å². The van der Waals surface area contributed by atoms with E-state index >= 15 is 0 Å². The van der Waals surface area contributed by atoms with Crippen LogP contribution < -0.4 is 5.32 Å². The van der Waals surface area contributed by atoms with Crippen LogP contribution in [-0.4, -0.2) is 30.9 Å². The van der Waals surface area contributed by atoms with Crippen molar-refractivity contribution in [3.63, 3.8) is 0 Å². The van der Waals surface area contributed by atoms with E-state index in [0.29, 0.717) is 13.0 Å². The van der Waals surface area contributed by atoms with Gasteiger partial charge < -0.3 is 10.2 Å². The molecule has 94 valence electrons. The smallest absolute Gasteiger partial charge is 0.223 e. The normalized spacial score (nSPS) is 10.3. The van der Waals surface area contributed by atoms with Crippen LogP contribution >= 0.6 is 15.9 Å². The minimum Gasteiger partial charge on any atom is -0.341 e. The largest absolute Gasteiger partial charge is 0.341 e. The summed E-state index contributed by atoms with van der Waals surface area (Å²) in [4.78, 5) is 13.6. The first-order valence-electron chi connectivity index (χ1n) is 5.83. The Morgan fingerprint density at radius 3 is 2.76 bits per heavy atom. The van der Waals surface area contributed by atoms with E-state index in [9.17, 15) is 4.79 Å². The summed E-state index contributed by atoms with van der Waals surface area (Å²) in [5.74, 6) is 0.168. The fraction of sp³-hybridized carbons (Fsp3) is 0.462. The number of amides is 1. The fourth-order valence-electron chi connectivity index (χ4n) is 1.53. The SMILES string of the molecule is CCNCCC(=O)N(C)Cc1ccccc1Br. The highest BCUT2D eigenvalue weighted by molar-refractivity contribution is 9.10. The van der Waals surface area contributed by atoms with Crippen molar-refractivity contribution >= 4 is 21.8 Å². The minimum atomic E-state index is 0.168. The van der Waals surface area contributed by atoms with Crippen LogP contribution in [0.4, 0.5) is 0 Å². The van der Waals surface area contributed by atoms with Gasteiger partial charge in [0.1, 0.15) is 0 Å². The number of rotatable bonds is 6. The van der Waals surface area contributed by atoms with Gasteiger partial charge in [0.05, 0.1) is 0 Å². The van der Waals surface area contributed by atoms with Crippen LogP contribution in [0.1, 0.15) is 18.9 Å². The van der Waals surface area contributed by atoms with E-state index in [0.717, 1.165) is 23.1 Å². The highest BCUT2D eigenvalue weighted by Crippen LogP contribution is 2.17. The predicted octanol–water partition coefficient (Wildman–Crippen LogP) is 2.41. The molecule has 0 bridgehead atoms. The van der Waals surface area contributed by atoms with E-state index in [-0.39, 0.29) is 5.91 Å². The number of carbonyl (C=O) groups excluding carboxylic acids is 1. The molecule has 0 aliphatic carbocycles. The molecule has 0 spiro atoms. The second-order valence-electron chi connectivity index (χ2n) is 3.94. The molecule has 1 aromatic carbocycles. The third kappa shape index (κ3) is 4.88. The van der Waals surface area contributed by atoms with Gasteiger partial charge in [-0.2, -0.15) is 0 Å². The molecule has 0 unspecified atom stereocenters. The number of carbonyl (C=O) groups is 1. The van der Waals surface area contributed by atoms with Crippen molar-refractivity contribution < 1.29 is 4.79 Å². The Morgan fingerprint density at radius 2 is 2.12 bits per heavy atom. The topological polar surface area (TPSA) is 32.3 Å². The summed E-state index contributed by atoms with van der Waals surface area (Å²) in [7, 11) is 1.84. The minimum absolute atomic E-state index is 0.168. The van der Waals surface area contributed by atoms with Crippen LogP contribution in [-0.2, 0) is 11.3 Å². The molecule has 0 fully saturated rings. The molecular formula is C13H19BrN2O. The summed E-state index contributed by atoms with van der Waals surface area (Å²) in [6, 6.07) is 7.97. The van der Waals surface area contributed by atoms with Gasteiger partial charge in [0.25, 0.3) is 0 Å². The third-order valence-electron chi connectivity index (χ3n) is 2.56. The molecule has 0 aromatic heterocycles. The van der Waals surface area contributed by atoms with E-state index in [1.807, 2.05) is 38.2 Å². The van der Waals surface area contributed by atoms with Crippen molar-refractivity contribution in [2.75, 3.05) is 20.1 Å². The molecule has 0 radical (unpaired) electrons. The highest BCUT2D eigenvalue weighted by atomic mass is 79.9. The van der Waals surface area contributed by atoms with Gasteiger partial charge in [0, 0.05) is 31.0 Å². The first kappa shape index (κ1) is 14.2. The van der Waals surface area contributed by atoms with Gasteiger partial charge in [-0.05, 0) is 18.2 Å². The van der Waals surface area contributed by atoms with E-state index < -0.39 is 0 Å². The molecule has 3 nitrogen and oxygen atoms in total. The van der Waals surface area contributed by atoms with Crippen LogP contribution in [0.5, 0.6) is 0 Å². The van der Waals surface area contributed by atoms with Crippen molar-refractivity contribution in [1.29, 1.82) is 0 Å². The number of benzene rings is 1. The maximum Gasteiger partial charge on any atom is 0.223 e. The van der Waals surface area contributed by atoms with Gasteiger partial charge >= 0.3 is 0 Å². The molecule has 0 aliphatic heterocycles. The maximum absolute atomic E-state index is 11.8. The van der Waals surface area contributed by atoms with Crippen LogP contribution in [0.15, 0.2) is 28.7 Å². The molecule has 1 amide bonds. The highest BCUT2D eigenvalue weighted by Gasteiger charge is 2.09. The second kappa shape index (κ2) is 7.45. The molecule has 1 rings (SSSR count). The first-order valence-corrected chi connectivity index (χ1v) is 6.62. The van der Waals surface area contributed by atoms with Crippen molar-refractivity contribution in [2.24, 2.45) is 0 Å². The van der Waals surface area contributed by atoms with E-state index in [4.69, 9.17) is 0 Å². The number of hydrogen-bond acceptors (Lipinski definition) is 2. The molecule has 0 heterocycles. The Hall–Kier alpha value is -0.870. The van der Waals surface area contributed by atoms with Gasteiger partial charge in [-0.3, -0.25) is 4.79 Å². The summed E-state index contributed by atoms with van der Waals surface area (Å²) in [5.41, 5.74) is 1.13. The summed E-state index contributed by atoms with van der Waals surface area (Å²) in [5, 5.41) is 3.15. The predicted molar refractivity (Wildman–Crippen MR) is 73.8 cm³/mol. The van der Waals surface area contributed by atoms with Gasteiger partial charge in [-0.15, -0.1) is 0 Å². The zero-order chi connectivity index (χ0) is 12.7. The van der Waals surface area contributed by atoms with Gasteiger partial charge in [-0.25, -0.2) is 0 Å². The molecule has 1 N–H and O–H groups in total. The summed E-state index contributed by atoms with van der Waals surface area (Å²) in [6.07, 6.45) is 0.550. The standard InChI is InChI=1S/C13H19BrN2O/c1-3-15-9-8-13(17)16(2)10-11-6-4-5-7-12(11)14/h4-7,15H,3,8-10H2,1-2H3. The lowest BCUT2D eigenvalue weighted by atomic mass is 10.2. The number of nitrogens with one attached hydrogen (secondary N) is 1. The fourth-order valence-corrected chi connectivity index (χ4v) is 1.94. The molecule has 0 saturated carbocycles. The first-order chi connectivity index (χ1) is 8.15. The summed E-state index contributed by atoms with van der Waals surface area (Å²) < 4.78 is 1.05. The molecule has 0 aliphatic rings. The lowest BCUT2D eigenvalue weighted by Crippen LogP contribution is -2.29. The molecule has 0 atom stereocenters. The number of nitrogens with zero attached hydrogens (tertiary/aromatic N) is 1. The Bertz CT molecular complexity index is 368. The lowest BCUT2D eigenvalue weighted by molar-refractivity contribution is -0.130. The van der Waals surface area contributed by atoms with Crippen molar-refractivity contribution in [1.82, 2.24) is 10.2 Å². The van der Waals surface area contributed by atoms with Gasteiger partial charge in [0.15, 0.2) is 0 Å². The van der Waals surface area contributed by atoms with Crippen LogP contribution in [0.3, 0.4) is 0 Å². The Kier molecular flexibility index (Phi) is 6.22. The van der Waals surface area contributed by atoms with Crippen molar-refractivity contribution in [3.05, 3.63) is 34.3 Å². The second-order valence-corrected chi connectivity index (χ2v) is 4.80. The molecule has 1 aromatic rings. The van der Waals surface area contributed by atoms with E-state index in [1.54, 1.807) is 4.90 Å². The lowest BCUT2D eigenvalue weighted by Gasteiger charge is -2.18. The van der Waals surface area contributed by atoms with Crippen molar-refractivity contribution in [3.8, 4) is 0 Å². The third-order valence-corrected chi connectivity index (χ3v) is 3.33. The molecule has 17 heavy (non-hydrogen) atoms. The Labute approximate surface area is 111 Å². The number of halogens is 1. The average Bonchev–Trinajstić information content (AvgIpc) is 2.32. The Balaban J connectivity index is 2.46. The van der Waals surface area contributed by atoms with Gasteiger partial charge in [-0.1, -0.05) is 41.1 Å². The monoisotopic (exact) mass is 298 g/mol. The van der Waals surface area contributed by atoms with Crippen LogP contribution in [0, 0.1) is 0 Å². The Morgan fingerprint density at radius 1 is 1.41 bits per heavy atom. The van der Waals surface area contributed by atoms with Crippen molar-refractivity contribution in [2.45, 2.75) is 19.9 Å². The van der Waals surface area contributed by atoms with Gasteiger partial charge in [0.2, 0.25) is 5.91 Å². The molecular weight excluding hydrogens is 280 g/mol. The summed E-state index contributed by atoms with van der Waals surface area (Å²) in [6.45, 7) is 4.33. The quantitative estimate of drug-likeness (QED) is 0.818. The molecule has 4 heteroatoms. The van der Waals surface area contributed by atoms with Crippen LogP contribution in [0.25, 0.3) is 0 Å². The van der Waals surface area contributed by atoms with E-state index in [2.05, 4.69) is 21.2 Å². The number of hydrogen-bond donors (Lipinski definition) is 1. The zero-order valence-electron chi connectivity index (χ0n) is 10.4. The molecule has 0 saturated heterocycles. The van der Waals surface area contributed by atoms with E-state index in [1.165, 1.54) is 0 Å². The maximum atomic E-state index is 11.8. The average molecular weight is 299 g/mol. The zero-order valence-corrected chi connectivity index (χ0v) is 12.0. The summed E-state index contributed by atoms with van der Waals surface area (Å²) >= 11 is 3.49.